The summed E-state index contributed by atoms with van der Waals surface area (Å²) in [5, 5.41) is 3.15. The van der Waals surface area contributed by atoms with Gasteiger partial charge in [-0.05, 0) is 49.7 Å². The van der Waals surface area contributed by atoms with Gasteiger partial charge < -0.3 is 10.2 Å². The molecule has 0 spiro atoms. The fraction of sp³-hybridized carbons (Fsp3) is 0.636. The number of amides is 2. The molecule has 1 heterocycles. The van der Waals surface area contributed by atoms with E-state index in [1.54, 1.807) is 0 Å². The van der Waals surface area contributed by atoms with E-state index < -0.39 is 0 Å². The summed E-state index contributed by atoms with van der Waals surface area (Å²) >= 11 is 0. The Morgan fingerprint density at radius 3 is 2.27 bits per heavy atom. The van der Waals surface area contributed by atoms with Crippen molar-refractivity contribution in [1.29, 1.82) is 0 Å². The maximum atomic E-state index is 12.6. The molecule has 0 radical (unpaired) electrons. The van der Waals surface area contributed by atoms with Crippen molar-refractivity contribution in [2.75, 3.05) is 13.1 Å². The summed E-state index contributed by atoms with van der Waals surface area (Å²) in [6.45, 7) is 9.91. The molecule has 1 aromatic rings. The maximum Gasteiger partial charge on any atom is 0.223 e. The van der Waals surface area contributed by atoms with Crippen molar-refractivity contribution in [3.8, 4) is 0 Å². The standard InChI is InChI=1S/C22H34N2O2/c1-5-6-21(25)24-13-11-20(12-14-24)22(26)23-17(4)19-9-7-18(8-10-19)15-16(2)3/h7-10,16-17,20H,5-6,11-15H2,1-4H3,(H,23,26). The van der Waals surface area contributed by atoms with Crippen LogP contribution in [0.1, 0.15) is 70.5 Å². The van der Waals surface area contributed by atoms with E-state index in [1.165, 1.54) is 5.56 Å². The zero-order valence-electron chi connectivity index (χ0n) is 16.8. The Kier molecular flexibility index (Phi) is 7.67. The SMILES string of the molecule is CCCC(=O)N1CCC(C(=O)NC(C)c2ccc(CC(C)C)cc2)CC1. The molecule has 1 atom stereocenters. The van der Waals surface area contributed by atoms with Crippen molar-refractivity contribution < 1.29 is 9.59 Å². The molecule has 1 aliphatic rings. The highest BCUT2D eigenvalue weighted by Crippen LogP contribution is 2.21. The maximum absolute atomic E-state index is 12.6. The van der Waals surface area contributed by atoms with Crippen molar-refractivity contribution in [2.24, 2.45) is 11.8 Å². The number of carbonyl (C=O) groups is 2. The Hall–Kier alpha value is -1.84. The molecule has 1 aliphatic heterocycles. The molecular weight excluding hydrogens is 324 g/mol. The van der Waals surface area contributed by atoms with Crippen LogP contribution in [0.15, 0.2) is 24.3 Å². The van der Waals surface area contributed by atoms with Crippen molar-refractivity contribution in [3.05, 3.63) is 35.4 Å². The van der Waals surface area contributed by atoms with Gasteiger partial charge in [-0.3, -0.25) is 9.59 Å². The monoisotopic (exact) mass is 358 g/mol. The molecule has 0 aliphatic carbocycles. The molecule has 1 unspecified atom stereocenters. The third-order valence-corrected chi connectivity index (χ3v) is 5.16. The van der Waals surface area contributed by atoms with Crippen molar-refractivity contribution in [3.63, 3.8) is 0 Å². The molecule has 1 fully saturated rings. The fourth-order valence-corrected chi connectivity index (χ4v) is 3.59. The van der Waals surface area contributed by atoms with Crippen LogP contribution in [0, 0.1) is 11.8 Å². The van der Waals surface area contributed by atoms with Gasteiger partial charge in [-0.25, -0.2) is 0 Å². The second kappa shape index (κ2) is 9.75. The Morgan fingerprint density at radius 1 is 1.12 bits per heavy atom. The molecule has 2 amide bonds. The molecule has 2 rings (SSSR count). The van der Waals surface area contributed by atoms with E-state index in [0.29, 0.717) is 25.4 Å². The summed E-state index contributed by atoms with van der Waals surface area (Å²) in [4.78, 5) is 26.4. The lowest BCUT2D eigenvalue weighted by Gasteiger charge is -2.32. The van der Waals surface area contributed by atoms with E-state index >= 15 is 0 Å². The van der Waals surface area contributed by atoms with Crippen molar-refractivity contribution in [2.45, 2.75) is 65.8 Å². The number of benzene rings is 1. The quantitative estimate of drug-likeness (QED) is 0.798. The van der Waals surface area contributed by atoms with Gasteiger partial charge in [-0.15, -0.1) is 0 Å². The number of nitrogens with zero attached hydrogens (tertiary/aromatic N) is 1. The summed E-state index contributed by atoms with van der Waals surface area (Å²) in [6, 6.07) is 8.57. The van der Waals surface area contributed by atoms with E-state index in [1.807, 2.05) is 18.7 Å². The van der Waals surface area contributed by atoms with Gasteiger partial charge in [-0.1, -0.05) is 45.0 Å². The van der Waals surface area contributed by atoms with Crippen LogP contribution in [0.3, 0.4) is 0 Å². The van der Waals surface area contributed by atoms with Gasteiger partial charge in [0, 0.05) is 25.4 Å². The van der Waals surface area contributed by atoms with Gasteiger partial charge in [0.1, 0.15) is 0 Å². The van der Waals surface area contributed by atoms with Crippen LogP contribution in [0.25, 0.3) is 0 Å². The Balaban J connectivity index is 1.83. The van der Waals surface area contributed by atoms with Gasteiger partial charge in [0.05, 0.1) is 6.04 Å². The number of piperidine rings is 1. The minimum Gasteiger partial charge on any atom is -0.349 e. The number of rotatable bonds is 7. The zero-order valence-corrected chi connectivity index (χ0v) is 16.8. The highest BCUT2D eigenvalue weighted by Gasteiger charge is 2.27. The smallest absolute Gasteiger partial charge is 0.223 e. The zero-order chi connectivity index (χ0) is 19.1. The fourth-order valence-electron chi connectivity index (χ4n) is 3.59. The highest BCUT2D eigenvalue weighted by molar-refractivity contribution is 5.80. The first-order chi connectivity index (χ1) is 12.4. The van der Waals surface area contributed by atoms with Crippen molar-refractivity contribution in [1.82, 2.24) is 10.2 Å². The minimum absolute atomic E-state index is 0.00959. The lowest BCUT2D eigenvalue weighted by Crippen LogP contribution is -2.43. The third kappa shape index (κ3) is 5.86. The molecule has 4 nitrogen and oxygen atoms in total. The van der Waals surface area contributed by atoms with Crippen LogP contribution in [0.4, 0.5) is 0 Å². The number of hydrogen-bond acceptors (Lipinski definition) is 2. The van der Waals surface area contributed by atoms with E-state index in [9.17, 15) is 9.59 Å². The Labute approximate surface area is 158 Å². The summed E-state index contributed by atoms with van der Waals surface area (Å²) in [7, 11) is 0. The summed E-state index contributed by atoms with van der Waals surface area (Å²) < 4.78 is 0. The van der Waals surface area contributed by atoms with Gasteiger partial charge in [0.2, 0.25) is 11.8 Å². The molecule has 1 saturated heterocycles. The van der Waals surface area contributed by atoms with Gasteiger partial charge in [0.25, 0.3) is 0 Å². The lowest BCUT2D eigenvalue weighted by atomic mass is 9.94. The molecular formula is C22H34N2O2. The average molecular weight is 359 g/mol. The van der Waals surface area contributed by atoms with Gasteiger partial charge in [-0.2, -0.15) is 0 Å². The van der Waals surface area contributed by atoms with Crippen LogP contribution in [-0.4, -0.2) is 29.8 Å². The number of carbonyl (C=O) groups excluding carboxylic acids is 2. The summed E-state index contributed by atoms with van der Waals surface area (Å²) in [6.07, 6.45) is 4.10. The van der Waals surface area contributed by atoms with Crippen molar-refractivity contribution >= 4 is 11.8 Å². The first-order valence-electron chi connectivity index (χ1n) is 10.1. The normalized spacial score (nSPS) is 16.6. The summed E-state index contributed by atoms with van der Waals surface area (Å²) in [5.74, 6) is 1.00. The summed E-state index contributed by atoms with van der Waals surface area (Å²) in [5.41, 5.74) is 2.48. The van der Waals surface area contributed by atoms with Gasteiger partial charge in [0.15, 0.2) is 0 Å². The molecule has 1 aromatic carbocycles. The van der Waals surface area contributed by atoms with Gasteiger partial charge >= 0.3 is 0 Å². The molecule has 4 heteroatoms. The van der Waals surface area contributed by atoms with Crippen LogP contribution >= 0.6 is 0 Å². The van der Waals surface area contributed by atoms with E-state index in [4.69, 9.17) is 0 Å². The predicted octanol–water partition coefficient (Wildman–Crippen LogP) is 4.10. The highest BCUT2D eigenvalue weighted by atomic mass is 16.2. The van der Waals surface area contributed by atoms with Crippen LogP contribution in [0.5, 0.6) is 0 Å². The number of nitrogens with one attached hydrogen (secondary N) is 1. The van der Waals surface area contributed by atoms with E-state index in [-0.39, 0.29) is 23.8 Å². The van der Waals surface area contributed by atoms with E-state index in [0.717, 1.165) is 31.2 Å². The predicted molar refractivity (Wildman–Crippen MR) is 106 cm³/mol. The Bertz CT molecular complexity index is 587. The molecule has 1 N–H and O–H groups in total. The first-order valence-corrected chi connectivity index (χ1v) is 10.1. The van der Waals surface area contributed by atoms with E-state index in [2.05, 4.69) is 43.4 Å². The molecule has 0 bridgehead atoms. The number of hydrogen-bond donors (Lipinski definition) is 1. The molecule has 26 heavy (non-hydrogen) atoms. The third-order valence-electron chi connectivity index (χ3n) is 5.16. The van der Waals surface area contributed by atoms with Crippen LogP contribution in [0.2, 0.25) is 0 Å². The van der Waals surface area contributed by atoms with Crippen LogP contribution in [-0.2, 0) is 16.0 Å². The molecule has 0 saturated carbocycles. The second-order valence-electron chi connectivity index (χ2n) is 7.97. The number of likely N-dealkylation sites (tertiary alicyclic amines) is 1. The van der Waals surface area contributed by atoms with Crippen LogP contribution < -0.4 is 5.32 Å². The second-order valence-corrected chi connectivity index (χ2v) is 7.97. The minimum atomic E-state index is 0.00959. The molecule has 144 valence electrons. The average Bonchev–Trinajstić information content (AvgIpc) is 2.62. The largest absolute Gasteiger partial charge is 0.349 e. The lowest BCUT2D eigenvalue weighted by molar-refractivity contribution is -0.135. The Morgan fingerprint density at radius 2 is 1.73 bits per heavy atom. The first kappa shape index (κ1) is 20.5. The molecule has 0 aromatic heterocycles. The topological polar surface area (TPSA) is 49.4 Å².